The minimum Gasteiger partial charge on any atom is -0.310 e. The maximum atomic E-state index is 13.4. The second-order valence-corrected chi connectivity index (χ2v) is 6.13. The third kappa shape index (κ3) is 2.12. The monoisotopic (exact) mass is 313 g/mol. The van der Waals surface area contributed by atoms with Crippen molar-refractivity contribution in [3.8, 4) is 5.69 Å². The molecular weight excluding hydrogens is 301 g/mol. The lowest BCUT2D eigenvalue weighted by atomic mass is 9.96. The van der Waals surface area contributed by atoms with Gasteiger partial charge in [-0.3, -0.25) is 9.36 Å². The summed E-state index contributed by atoms with van der Waals surface area (Å²) >= 11 is 1.61. The molecule has 4 rings (SSSR count). The normalized spacial score (nSPS) is 17.1. The van der Waals surface area contributed by atoms with Crippen molar-refractivity contribution >= 4 is 23.1 Å². The van der Waals surface area contributed by atoms with Crippen LogP contribution in [0.4, 0.5) is 10.2 Å². The van der Waals surface area contributed by atoms with Crippen LogP contribution in [0.1, 0.15) is 22.9 Å². The van der Waals surface area contributed by atoms with Gasteiger partial charge in [0.1, 0.15) is 18.0 Å². The summed E-state index contributed by atoms with van der Waals surface area (Å²) in [6, 6.07) is 10.2. The van der Waals surface area contributed by atoms with Gasteiger partial charge in [0.2, 0.25) is 5.91 Å². The summed E-state index contributed by atoms with van der Waals surface area (Å²) in [5.74, 6) is 0.208. The molecular formula is C16H12FN3OS. The standard InChI is InChI=1S/C16H12FN3OS/c17-10-3-1-4-11(7-10)20-9-18-15-12(13-5-2-6-22-13)8-14(21)19-16(15)20/h1-7,9,12H,8H2,(H,19,21). The van der Waals surface area contributed by atoms with Gasteiger partial charge in [-0.25, -0.2) is 9.37 Å². The number of carbonyl (C=O) groups is 1. The molecule has 1 aromatic carbocycles. The number of benzene rings is 1. The van der Waals surface area contributed by atoms with Gasteiger partial charge in [-0.1, -0.05) is 12.1 Å². The number of halogens is 1. The molecule has 3 heterocycles. The first-order valence-electron chi connectivity index (χ1n) is 6.89. The van der Waals surface area contributed by atoms with Gasteiger partial charge < -0.3 is 5.32 Å². The lowest BCUT2D eigenvalue weighted by Gasteiger charge is -2.22. The summed E-state index contributed by atoms with van der Waals surface area (Å²) in [4.78, 5) is 17.6. The van der Waals surface area contributed by atoms with Crippen molar-refractivity contribution in [1.29, 1.82) is 0 Å². The zero-order valence-electron chi connectivity index (χ0n) is 11.5. The van der Waals surface area contributed by atoms with Crippen LogP contribution in [0.15, 0.2) is 48.1 Å². The largest absolute Gasteiger partial charge is 0.310 e. The van der Waals surface area contributed by atoms with Crippen molar-refractivity contribution < 1.29 is 9.18 Å². The molecule has 1 N–H and O–H groups in total. The summed E-state index contributed by atoms with van der Waals surface area (Å²) < 4.78 is 15.2. The number of imidazole rings is 1. The Hall–Kier alpha value is -2.47. The molecule has 1 atom stereocenters. The molecule has 0 radical (unpaired) electrons. The molecule has 1 aliphatic heterocycles. The molecule has 0 saturated heterocycles. The van der Waals surface area contributed by atoms with Crippen molar-refractivity contribution in [2.45, 2.75) is 12.3 Å². The van der Waals surface area contributed by atoms with Crippen LogP contribution in [-0.4, -0.2) is 15.5 Å². The maximum Gasteiger partial charge on any atom is 0.226 e. The molecule has 4 nitrogen and oxygen atoms in total. The molecule has 22 heavy (non-hydrogen) atoms. The smallest absolute Gasteiger partial charge is 0.226 e. The number of anilines is 1. The van der Waals surface area contributed by atoms with Gasteiger partial charge in [-0.2, -0.15) is 0 Å². The Labute approximate surface area is 130 Å². The number of nitrogens with one attached hydrogen (secondary N) is 1. The lowest BCUT2D eigenvalue weighted by Crippen LogP contribution is -2.24. The van der Waals surface area contributed by atoms with Crippen molar-refractivity contribution in [3.05, 3.63) is 64.5 Å². The van der Waals surface area contributed by atoms with Crippen molar-refractivity contribution in [1.82, 2.24) is 9.55 Å². The predicted molar refractivity (Wildman–Crippen MR) is 82.9 cm³/mol. The Morgan fingerprint density at radius 1 is 1.32 bits per heavy atom. The van der Waals surface area contributed by atoms with E-state index >= 15 is 0 Å². The SMILES string of the molecule is O=C1CC(c2cccs2)c2ncn(-c3cccc(F)c3)c2N1. The van der Waals surface area contributed by atoms with Crippen LogP contribution in [0, 0.1) is 5.82 Å². The lowest BCUT2D eigenvalue weighted by molar-refractivity contribution is -0.116. The number of hydrogen-bond donors (Lipinski definition) is 1. The zero-order chi connectivity index (χ0) is 15.1. The van der Waals surface area contributed by atoms with Crippen molar-refractivity contribution in [2.24, 2.45) is 0 Å². The Kier molecular flexibility index (Phi) is 3.04. The van der Waals surface area contributed by atoms with Crippen LogP contribution in [0.25, 0.3) is 5.69 Å². The summed E-state index contributed by atoms with van der Waals surface area (Å²) in [5, 5.41) is 4.85. The van der Waals surface area contributed by atoms with Crippen LogP contribution in [0.3, 0.4) is 0 Å². The third-order valence-electron chi connectivity index (χ3n) is 3.75. The van der Waals surface area contributed by atoms with Gasteiger partial charge in [-0.05, 0) is 29.6 Å². The Morgan fingerprint density at radius 2 is 2.23 bits per heavy atom. The number of aromatic nitrogens is 2. The minimum atomic E-state index is -0.322. The van der Waals surface area contributed by atoms with Gasteiger partial charge in [0.05, 0.1) is 11.4 Å². The van der Waals surface area contributed by atoms with E-state index in [0.29, 0.717) is 17.9 Å². The van der Waals surface area contributed by atoms with E-state index in [2.05, 4.69) is 10.3 Å². The summed E-state index contributed by atoms with van der Waals surface area (Å²) in [7, 11) is 0. The van der Waals surface area contributed by atoms with E-state index < -0.39 is 0 Å². The Bertz CT molecular complexity index is 841. The average molecular weight is 313 g/mol. The summed E-state index contributed by atoms with van der Waals surface area (Å²) in [6.45, 7) is 0. The first kappa shape index (κ1) is 13.2. The van der Waals surface area contributed by atoms with E-state index in [0.717, 1.165) is 10.6 Å². The highest BCUT2D eigenvalue weighted by molar-refractivity contribution is 7.10. The van der Waals surface area contributed by atoms with Crippen LogP contribution in [0.2, 0.25) is 0 Å². The van der Waals surface area contributed by atoms with Crippen molar-refractivity contribution in [2.75, 3.05) is 5.32 Å². The molecule has 2 aromatic heterocycles. The molecule has 1 aliphatic rings. The number of nitrogens with zero attached hydrogens (tertiary/aromatic N) is 2. The van der Waals surface area contributed by atoms with E-state index in [-0.39, 0.29) is 17.6 Å². The van der Waals surface area contributed by atoms with Gasteiger partial charge in [0, 0.05) is 17.2 Å². The van der Waals surface area contributed by atoms with E-state index in [9.17, 15) is 9.18 Å². The molecule has 110 valence electrons. The highest BCUT2D eigenvalue weighted by Gasteiger charge is 2.31. The fourth-order valence-corrected chi connectivity index (χ4v) is 3.58. The molecule has 0 spiro atoms. The molecule has 3 aromatic rings. The van der Waals surface area contributed by atoms with E-state index in [4.69, 9.17) is 0 Å². The molecule has 6 heteroatoms. The van der Waals surface area contributed by atoms with Crippen LogP contribution in [-0.2, 0) is 4.79 Å². The first-order chi connectivity index (χ1) is 10.7. The predicted octanol–water partition coefficient (Wildman–Crippen LogP) is 3.55. The van der Waals surface area contributed by atoms with Gasteiger partial charge in [0.15, 0.2) is 0 Å². The number of thiophene rings is 1. The van der Waals surface area contributed by atoms with Crippen LogP contribution < -0.4 is 5.32 Å². The molecule has 1 amide bonds. The zero-order valence-corrected chi connectivity index (χ0v) is 12.3. The molecule has 0 aliphatic carbocycles. The second kappa shape index (κ2) is 5.06. The van der Waals surface area contributed by atoms with E-state index in [1.54, 1.807) is 34.4 Å². The first-order valence-corrected chi connectivity index (χ1v) is 7.77. The third-order valence-corrected chi connectivity index (χ3v) is 4.73. The van der Waals surface area contributed by atoms with E-state index in [1.165, 1.54) is 12.1 Å². The topological polar surface area (TPSA) is 46.9 Å². The minimum absolute atomic E-state index is 0.0430. The molecule has 0 bridgehead atoms. The molecule has 0 saturated carbocycles. The van der Waals surface area contributed by atoms with Crippen LogP contribution in [0.5, 0.6) is 0 Å². The number of carbonyl (C=O) groups excluding carboxylic acids is 1. The highest BCUT2D eigenvalue weighted by Crippen LogP contribution is 2.38. The fraction of sp³-hybridized carbons (Fsp3) is 0.125. The summed E-state index contributed by atoms with van der Waals surface area (Å²) in [6.07, 6.45) is 2.01. The van der Waals surface area contributed by atoms with Gasteiger partial charge in [0.25, 0.3) is 0 Å². The fourth-order valence-electron chi connectivity index (χ4n) is 2.75. The second-order valence-electron chi connectivity index (χ2n) is 5.15. The number of rotatable bonds is 2. The quantitative estimate of drug-likeness (QED) is 0.786. The number of fused-ring (bicyclic) bond motifs is 1. The number of hydrogen-bond acceptors (Lipinski definition) is 3. The Morgan fingerprint density at radius 3 is 3.00 bits per heavy atom. The molecule has 1 unspecified atom stereocenters. The molecule has 0 fully saturated rings. The van der Waals surface area contributed by atoms with Crippen molar-refractivity contribution in [3.63, 3.8) is 0 Å². The van der Waals surface area contributed by atoms with E-state index in [1.807, 2.05) is 17.5 Å². The van der Waals surface area contributed by atoms with Gasteiger partial charge >= 0.3 is 0 Å². The average Bonchev–Trinajstić information content (AvgIpc) is 3.16. The van der Waals surface area contributed by atoms with Crippen LogP contribution >= 0.6 is 11.3 Å². The Balaban J connectivity index is 1.84. The summed E-state index contributed by atoms with van der Waals surface area (Å²) in [5.41, 5.74) is 1.46. The maximum absolute atomic E-state index is 13.4. The number of amides is 1. The highest BCUT2D eigenvalue weighted by atomic mass is 32.1. The van der Waals surface area contributed by atoms with Gasteiger partial charge in [-0.15, -0.1) is 11.3 Å².